The lowest BCUT2D eigenvalue weighted by Crippen LogP contribution is -2.18. The second-order valence-electron chi connectivity index (χ2n) is 3.49. The minimum atomic E-state index is -0.00253. The molecule has 4 heteroatoms. The molecule has 16 heavy (non-hydrogen) atoms. The summed E-state index contributed by atoms with van der Waals surface area (Å²) in [4.78, 5) is 0. The Kier molecular flexibility index (Phi) is 5.08. The van der Waals surface area contributed by atoms with Crippen molar-refractivity contribution in [2.75, 3.05) is 27.5 Å². The molecule has 1 aromatic rings. The predicted molar refractivity (Wildman–Crippen MR) is 63.1 cm³/mol. The van der Waals surface area contributed by atoms with Crippen molar-refractivity contribution in [3.05, 3.63) is 23.3 Å². The van der Waals surface area contributed by atoms with Crippen LogP contribution < -0.4 is 14.8 Å². The lowest BCUT2D eigenvalue weighted by Gasteiger charge is -2.14. The molecule has 0 unspecified atom stereocenters. The van der Waals surface area contributed by atoms with Gasteiger partial charge < -0.3 is 14.6 Å². The second-order valence-corrected chi connectivity index (χ2v) is 3.49. The predicted octanol–water partition coefficient (Wildman–Crippen LogP) is 1.09. The molecule has 0 saturated carbocycles. The van der Waals surface area contributed by atoms with Gasteiger partial charge in [-0.25, -0.2) is 0 Å². The lowest BCUT2D eigenvalue weighted by atomic mass is 10.1. The third-order valence-corrected chi connectivity index (χ3v) is 2.54. The van der Waals surface area contributed by atoms with Gasteiger partial charge in [0.25, 0.3) is 0 Å². The first-order valence-electron chi connectivity index (χ1n) is 5.26. The van der Waals surface area contributed by atoms with E-state index < -0.39 is 0 Å². The monoisotopic (exact) mass is 225 g/mol. The molecule has 0 fully saturated rings. The van der Waals surface area contributed by atoms with Gasteiger partial charge in [-0.15, -0.1) is 0 Å². The highest BCUT2D eigenvalue weighted by molar-refractivity contribution is 5.49. The summed E-state index contributed by atoms with van der Waals surface area (Å²) in [5.41, 5.74) is 2.12. The van der Waals surface area contributed by atoms with E-state index in [1.807, 2.05) is 19.1 Å². The number of aliphatic hydroxyl groups is 1. The molecule has 0 atom stereocenters. The van der Waals surface area contributed by atoms with E-state index in [9.17, 15) is 0 Å². The van der Waals surface area contributed by atoms with Crippen LogP contribution in [0.25, 0.3) is 0 Å². The van der Waals surface area contributed by atoms with E-state index in [1.165, 1.54) is 0 Å². The van der Waals surface area contributed by atoms with Crippen molar-refractivity contribution in [3.8, 4) is 11.5 Å². The summed E-state index contributed by atoms with van der Waals surface area (Å²) in [7, 11) is 3.31. The number of hydrogen-bond acceptors (Lipinski definition) is 4. The molecular formula is C12H19NO3. The standard InChI is InChI=1S/C12H19NO3/c1-9-11(15-2)5-4-10(12(9)16-3)6-7-13-8-14/h4-5,13-14H,6-8H2,1-3H3. The minimum Gasteiger partial charge on any atom is -0.496 e. The maximum Gasteiger partial charge on any atom is 0.128 e. The van der Waals surface area contributed by atoms with Crippen LogP contribution in [-0.2, 0) is 6.42 Å². The van der Waals surface area contributed by atoms with E-state index in [2.05, 4.69) is 5.32 Å². The van der Waals surface area contributed by atoms with E-state index in [0.29, 0.717) is 0 Å². The number of nitrogens with one attached hydrogen (secondary N) is 1. The van der Waals surface area contributed by atoms with Crippen molar-refractivity contribution >= 4 is 0 Å². The number of aliphatic hydroxyl groups excluding tert-OH is 1. The van der Waals surface area contributed by atoms with Gasteiger partial charge in [-0.05, 0) is 25.0 Å². The maximum absolute atomic E-state index is 8.65. The fraction of sp³-hybridized carbons (Fsp3) is 0.500. The molecular weight excluding hydrogens is 206 g/mol. The first-order valence-corrected chi connectivity index (χ1v) is 5.26. The molecule has 2 N–H and O–H groups in total. The molecule has 0 bridgehead atoms. The molecule has 1 aromatic carbocycles. The SMILES string of the molecule is COc1ccc(CCNCO)c(OC)c1C. The van der Waals surface area contributed by atoms with Crippen LogP contribution in [0.15, 0.2) is 12.1 Å². The molecule has 90 valence electrons. The van der Waals surface area contributed by atoms with E-state index >= 15 is 0 Å². The van der Waals surface area contributed by atoms with Gasteiger partial charge in [0, 0.05) is 12.1 Å². The summed E-state index contributed by atoms with van der Waals surface area (Å²) in [5, 5.41) is 11.5. The normalized spacial score (nSPS) is 10.2. The highest BCUT2D eigenvalue weighted by Crippen LogP contribution is 2.31. The molecule has 0 spiro atoms. The summed E-state index contributed by atoms with van der Waals surface area (Å²) in [6.07, 6.45) is 0.814. The Labute approximate surface area is 96.2 Å². The Bertz CT molecular complexity index is 339. The fourth-order valence-electron chi connectivity index (χ4n) is 1.73. The summed E-state index contributed by atoms with van der Waals surface area (Å²) in [6.45, 7) is 2.69. The first-order chi connectivity index (χ1) is 7.74. The summed E-state index contributed by atoms with van der Waals surface area (Å²) >= 11 is 0. The van der Waals surface area contributed by atoms with Crippen LogP contribution in [-0.4, -0.2) is 32.6 Å². The molecule has 0 aliphatic carbocycles. The summed E-state index contributed by atoms with van der Waals surface area (Å²) < 4.78 is 10.6. The highest BCUT2D eigenvalue weighted by Gasteiger charge is 2.10. The maximum atomic E-state index is 8.65. The number of benzene rings is 1. The number of ether oxygens (including phenoxy) is 2. The Balaban J connectivity index is 2.88. The van der Waals surface area contributed by atoms with E-state index in [4.69, 9.17) is 14.6 Å². The third kappa shape index (κ3) is 2.87. The van der Waals surface area contributed by atoms with Gasteiger partial charge in [0.15, 0.2) is 0 Å². The zero-order valence-electron chi connectivity index (χ0n) is 10.0. The number of hydrogen-bond donors (Lipinski definition) is 2. The quantitative estimate of drug-likeness (QED) is 0.562. The van der Waals surface area contributed by atoms with E-state index in [-0.39, 0.29) is 6.73 Å². The van der Waals surface area contributed by atoms with Crippen LogP contribution in [0.1, 0.15) is 11.1 Å². The van der Waals surface area contributed by atoms with Crippen molar-refractivity contribution in [2.24, 2.45) is 0 Å². The van der Waals surface area contributed by atoms with Crippen LogP contribution in [0.2, 0.25) is 0 Å². The smallest absolute Gasteiger partial charge is 0.128 e. The largest absolute Gasteiger partial charge is 0.496 e. The summed E-state index contributed by atoms with van der Waals surface area (Å²) in [6, 6.07) is 3.93. The molecule has 4 nitrogen and oxygen atoms in total. The van der Waals surface area contributed by atoms with Crippen LogP contribution in [0.4, 0.5) is 0 Å². The molecule has 0 radical (unpaired) electrons. The molecule has 1 rings (SSSR count). The topological polar surface area (TPSA) is 50.7 Å². The van der Waals surface area contributed by atoms with E-state index in [0.717, 1.165) is 35.6 Å². The van der Waals surface area contributed by atoms with Crippen LogP contribution in [0.3, 0.4) is 0 Å². The average Bonchev–Trinajstić information content (AvgIpc) is 2.30. The van der Waals surface area contributed by atoms with Gasteiger partial charge in [0.2, 0.25) is 0 Å². The molecule has 0 heterocycles. The van der Waals surface area contributed by atoms with Crippen molar-refractivity contribution in [2.45, 2.75) is 13.3 Å². The van der Waals surface area contributed by atoms with Gasteiger partial charge in [0.1, 0.15) is 11.5 Å². The second kappa shape index (κ2) is 6.35. The Morgan fingerprint density at radius 1 is 1.25 bits per heavy atom. The van der Waals surface area contributed by atoms with Gasteiger partial charge in [0.05, 0.1) is 21.0 Å². The van der Waals surface area contributed by atoms with Gasteiger partial charge in [-0.1, -0.05) is 6.07 Å². The van der Waals surface area contributed by atoms with Crippen LogP contribution in [0.5, 0.6) is 11.5 Å². The van der Waals surface area contributed by atoms with Crippen LogP contribution >= 0.6 is 0 Å². The van der Waals surface area contributed by atoms with Crippen molar-refractivity contribution in [1.82, 2.24) is 5.32 Å². The molecule has 0 aliphatic heterocycles. The third-order valence-electron chi connectivity index (χ3n) is 2.54. The Morgan fingerprint density at radius 3 is 2.56 bits per heavy atom. The number of rotatable bonds is 6. The van der Waals surface area contributed by atoms with E-state index in [1.54, 1.807) is 14.2 Å². The van der Waals surface area contributed by atoms with Crippen molar-refractivity contribution in [1.29, 1.82) is 0 Å². The minimum absolute atomic E-state index is 0.00253. The zero-order valence-corrected chi connectivity index (χ0v) is 10.0. The van der Waals surface area contributed by atoms with Crippen LogP contribution in [0, 0.1) is 6.92 Å². The van der Waals surface area contributed by atoms with Gasteiger partial charge in [-0.2, -0.15) is 0 Å². The van der Waals surface area contributed by atoms with Crippen molar-refractivity contribution < 1.29 is 14.6 Å². The average molecular weight is 225 g/mol. The Hall–Kier alpha value is -1.26. The molecule has 0 saturated heterocycles. The number of methoxy groups -OCH3 is 2. The molecule has 0 aromatic heterocycles. The Morgan fingerprint density at radius 2 is 2.00 bits per heavy atom. The molecule has 0 aliphatic rings. The first kappa shape index (κ1) is 12.8. The van der Waals surface area contributed by atoms with Gasteiger partial charge >= 0.3 is 0 Å². The lowest BCUT2D eigenvalue weighted by molar-refractivity contribution is 0.261. The zero-order chi connectivity index (χ0) is 12.0. The summed E-state index contributed by atoms with van der Waals surface area (Å²) in [5.74, 6) is 1.69. The molecule has 0 amide bonds. The van der Waals surface area contributed by atoms with Gasteiger partial charge in [-0.3, -0.25) is 5.32 Å². The fourth-order valence-corrected chi connectivity index (χ4v) is 1.73. The van der Waals surface area contributed by atoms with Crippen molar-refractivity contribution in [3.63, 3.8) is 0 Å². The highest BCUT2D eigenvalue weighted by atomic mass is 16.5.